The first-order chi connectivity index (χ1) is 10.0. The second-order valence-electron chi connectivity index (χ2n) is 5.34. The van der Waals surface area contributed by atoms with Crippen LogP contribution in [-0.2, 0) is 4.79 Å². The lowest BCUT2D eigenvalue weighted by molar-refractivity contribution is -0.132. The van der Waals surface area contributed by atoms with E-state index in [1.54, 1.807) is 23.1 Å². The highest BCUT2D eigenvalue weighted by molar-refractivity contribution is 7.98. The molecule has 2 heterocycles. The van der Waals surface area contributed by atoms with Gasteiger partial charge >= 0.3 is 0 Å². The summed E-state index contributed by atoms with van der Waals surface area (Å²) in [5.74, 6) is 1.03. The maximum Gasteiger partial charge on any atom is 0.239 e. The molecular weight excluding hydrogens is 340 g/mol. The summed E-state index contributed by atoms with van der Waals surface area (Å²) < 4.78 is 0. The predicted molar refractivity (Wildman–Crippen MR) is 98.6 cm³/mol. The first kappa shape index (κ1) is 19.5. The molecule has 22 heavy (non-hydrogen) atoms. The number of rotatable bonds is 5. The molecule has 1 aromatic rings. The molecule has 1 unspecified atom stereocenters. The third-order valence-corrected chi connectivity index (χ3v) is 5.61. The first-order valence-corrected chi connectivity index (χ1v) is 9.46. The van der Waals surface area contributed by atoms with E-state index in [2.05, 4.69) is 16.8 Å². The molecule has 2 N–H and O–H groups in total. The molecule has 126 valence electrons. The van der Waals surface area contributed by atoms with Gasteiger partial charge in [0.05, 0.1) is 11.7 Å². The van der Waals surface area contributed by atoms with Crippen LogP contribution < -0.4 is 10.6 Å². The Kier molecular flexibility index (Phi) is 7.96. The summed E-state index contributed by atoms with van der Waals surface area (Å²) in [6.45, 7) is 7.30. The lowest BCUT2D eigenvalue weighted by Crippen LogP contribution is -2.53. The number of piperazine rings is 1. The normalized spacial score (nSPS) is 16.4. The smallest absolute Gasteiger partial charge is 0.239 e. The van der Waals surface area contributed by atoms with E-state index in [0.29, 0.717) is 0 Å². The second kappa shape index (κ2) is 8.96. The molecule has 0 bridgehead atoms. The standard InChI is InChI=1S/C14H24N4OS2.ClH/c1-10-11(2)21-14(16-10)18-7-5-17(6-8-18)13(19)12(15)4-9-20-3;/h12H,4-9,15H2,1-3H3;1H. The third-order valence-electron chi connectivity index (χ3n) is 3.83. The van der Waals surface area contributed by atoms with E-state index in [-0.39, 0.29) is 24.4 Å². The zero-order valence-electron chi connectivity index (χ0n) is 13.4. The number of nitrogens with zero attached hydrogens (tertiary/aromatic N) is 3. The summed E-state index contributed by atoms with van der Waals surface area (Å²) in [5.41, 5.74) is 7.08. The van der Waals surface area contributed by atoms with Gasteiger partial charge in [-0.15, -0.1) is 23.7 Å². The van der Waals surface area contributed by atoms with Crippen LogP contribution in [-0.4, -0.2) is 60.0 Å². The molecule has 0 saturated carbocycles. The Labute approximate surface area is 147 Å². The minimum Gasteiger partial charge on any atom is -0.345 e. The van der Waals surface area contributed by atoms with Crippen molar-refractivity contribution < 1.29 is 4.79 Å². The van der Waals surface area contributed by atoms with Gasteiger partial charge in [-0.25, -0.2) is 4.98 Å². The number of nitrogens with two attached hydrogens (primary N) is 1. The summed E-state index contributed by atoms with van der Waals surface area (Å²) in [5, 5.41) is 1.07. The van der Waals surface area contributed by atoms with Crippen molar-refractivity contribution in [3.8, 4) is 0 Å². The Bertz CT molecular complexity index is 470. The van der Waals surface area contributed by atoms with E-state index in [1.807, 2.05) is 18.1 Å². The molecule has 1 saturated heterocycles. The Morgan fingerprint density at radius 2 is 2.00 bits per heavy atom. The average molecular weight is 365 g/mol. The Balaban J connectivity index is 0.00000242. The first-order valence-electron chi connectivity index (χ1n) is 7.25. The van der Waals surface area contributed by atoms with Crippen molar-refractivity contribution in [2.75, 3.05) is 43.1 Å². The van der Waals surface area contributed by atoms with Crippen molar-refractivity contribution in [1.82, 2.24) is 9.88 Å². The van der Waals surface area contributed by atoms with Crippen LogP contribution in [0.15, 0.2) is 0 Å². The minimum atomic E-state index is -0.353. The molecule has 0 radical (unpaired) electrons. The molecule has 2 rings (SSSR count). The van der Waals surface area contributed by atoms with Gasteiger partial charge in [-0.1, -0.05) is 0 Å². The van der Waals surface area contributed by atoms with Crippen LogP contribution in [0.2, 0.25) is 0 Å². The Morgan fingerprint density at radius 1 is 1.36 bits per heavy atom. The number of amides is 1. The number of thiazole rings is 1. The lowest BCUT2D eigenvalue weighted by Gasteiger charge is -2.35. The van der Waals surface area contributed by atoms with Crippen molar-refractivity contribution >= 4 is 46.5 Å². The highest BCUT2D eigenvalue weighted by Gasteiger charge is 2.26. The summed E-state index contributed by atoms with van der Waals surface area (Å²) >= 11 is 3.46. The zero-order chi connectivity index (χ0) is 15.4. The molecule has 0 aliphatic carbocycles. The van der Waals surface area contributed by atoms with E-state index in [1.165, 1.54) is 4.88 Å². The number of hydrogen-bond donors (Lipinski definition) is 1. The SMILES string of the molecule is CSCCC(N)C(=O)N1CCN(c2nc(C)c(C)s2)CC1.Cl. The summed E-state index contributed by atoms with van der Waals surface area (Å²) in [4.78, 5) is 22.3. The van der Waals surface area contributed by atoms with E-state index >= 15 is 0 Å². The highest BCUT2D eigenvalue weighted by Crippen LogP contribution is 2.26. The predicted octanol–water partition coefficient (Wildman–Crippen LogP) is 1.91. The van der Waals surface area contributed by atoms with Gasteiger partial charge in [0.15, 0.2) is 5.13 Å². The number of hydrogen-bond acceptors (Lipinski definition) is 6. The topological polar surface area (TPSA) is 62.5 Å². The minimum absolute atomic E-state index is 0. The van der Waals surface area contributed by atoms with E-state index in [0.717, 1.165) is 49.2 Å². The molecule has 1 aliphatic heterocycles. The van der Waals surface area contributed by atoms with Crippen molar-refractivity contribution in [3.05, 3.63) is 10.6 Å². The summed E-state index contributed by atoms with van der Waals surface area (Å²) in [7, 11) is 0. The largest absolute Gasteiger partial charge is 0.345 e. The molecule has 1 amide bonds. The van der Waals surface area contributed by atoms with E-state index < -0.39 is 0 Å². The lowest BCUT2D eigenvalue weighted by atomic mass is 10.2. The molecule has 0 spiro atoms. The van der Waals surface area contributed by atoms with Crippen molar-refractivity contribution in [2.45, 2.75) is 26.3 Å². The fourth-order valence-electron chi connectivity index (χ4n) is 2.31. The monoisotopic (exact) mass is 364 g/mol. The highest BCUT2D eigenvalue weighted by atomic mass is 35.5. The van der Waals surface area contributed by atoms with Crippen molar-refractivity contribution in [3.63, 3.8) is 0 Å². The molecule has 1 aliphatic rings. The fourth-order valence-corrected chi connectivity index (χ4v) is 3.76. The number of carbonyl (C=O) groups is 1. The molecule has 0 aromatic carbocycles. The Hall–Kier alpha value is -0.500. The van der Waals surface area contributed by atoms with Gasteiger partial charge in [0.1, 0.15) is 0 Å². The zero-order valence-corrected chi connectivity index (χ0v) is 15.8. The van der Waals surface area contributed by atoms with Crippen LogP contribution in [0.5, 0.6) is 0 Å². The van der Waals surface area contributed by atoms with Gasteiger partial charge in [-0.2, -0.15) is 11.8 Å². The van der Waals surface area contributed by atoms with Gasteiger partial charge in [-0.3, -0.25) is 4.79 Å². The number of aromatic nitrogens is 1. The maximum absolute atomic E-state index is 12.3. The fraction of sp³-hybridized carbons (Fsp3) is 0.714. The summed E-state index contributed by atoms with van der Waals surface area (Å²) in [6.07, 6.45) is 2.79. The van der Waals surface area contributed by atoms with Gasteiger partial charge in [-0.05, 0) is 32.3 Å². The van der Waals surface area contributed by atoms with Gasteiger partial charge < -0.3 is 15.5 Å². The van der Waals surface area contributed by atoms with Gasteiger partial charge in [0, 0.05) is 31.1 Å². The number of thioether (sulfide) groups is 1. The number of halogens is 1. The number of aryl methyl sites for hydroxylation is 2. The number of anilines is 1. The van der Waals surface area contributed by atoms with Crippen molar-refractivity contribution in [2.24, 2.45) is 5.73 Å². The van der Waals surface area contributed by atoms with E-state index in [4.69, 9.17) is 5.73 Å². The van der Waals surface area contributed by atoms with Gasteiger partial charge in [0.25, 0.3) is 0 Å². The maximum atomic E-state index is 12.3. The molecule has 5 nitrogen and oxygen atoms in total. The second-order valence-corrected chi connectivity index (χ2v) is 7.51. The van der Waals surface area contributed by atoms with Gasteiger partial charge in [0.2, 0.25) is 5.91 Å². The molecule has 1 fully saturated rings. The third kappa shape index (κ3) is 4.75. The molecular formula is C14H25ClN4OS2. The van der Waals surface area contributed by atoms with E-state index in [9.17, 15) is 4.79 Å². The van der Waals surface area contributed by atoms with Crippen molar-refractivity contribution in [1.29, 1.82) is 0 Å². The molecule has 1 aromatic heterocycles. The number of carbonyl (C=O) groups excluding carboxylic acids is 1. The van der Waals surface area contributed by atoms with Crippen LogP contribution in [0, 0.1) is 13.8 Å². The van der Waals surface area contributed by atoms with Crippen LogP contribution in [0.4, 0.5) is 5.13 Å². The molecule has 1 atom stereocenters. The average Bonchev–Trinajstić information content (AvgIpc) is 2.83. The van der Waals surface area contributed by atoms with Crippen LogP contribution >= 0.6 is 35.5 Å². The quantitative estimate of drug-likeness (QED) is 0.864. The van der Waals surface area contributed by atoms with Crippen LogP contribution in [0.1, 0.15) is 17.0 Å². The Morgan fingerprint density at radius 3 is 2.50 bits per heavy atom. The van der Waals surface area contributed by atoms with Crippen LogP contribution in [0.25, 0.3) is 0 Å². The summed E-state index contributed by atoms with van der Waals surface area (Å²) in [6, 6.07) is -0.353. The van der Waals surface area contributed by atoms with Crippen LogP contribution in [0.3, 0.4) is 0 Å². The molecule has 8 heteroatoms.